The van der Waals surface area contributed by atoms with Gasteiger partial charge < -0.3 is 10.1 Å². The first-order valence-corrected chi connectivity index (χ1v) is 7.36. The molecule has 1 aromatic heterocycles. The highest BCUT2D eigenvalue weighted by molar-refractivity contribution is 9.11. The average Bonchev–Trinajstić information content (AvgIpc) is 2.86. The lowest BCUT2D eigenvalue weighted by molar-refractivity contribution is 0.0957. The van der Waals surface area contributed by atoms with Gasteiger partial charge in [-0.15, -0.1) is 11.3 Å². The van der Waals surface area contributed by atoms with Crippen LogP contribution < -0.4 is 5.32 Å². The maximum atomic E-state index is 5.70. The molecule has 0 aromatic carbocycles. The zero-order valence-corrected chi connectivity index (χ0v) is 12.2. The Morgan fingerprint density at radius 2 is 2.50 bits per heavy atom. The topological polar surface area (TPSA) is 21.3 Å². The zero-order chi connectivity index (χ0) is 11.5. The second-order valence-corrected chi connectivity index (χ2v) is 6.72. The molecule has 1 N–H and O–H groups in total. The van der Waals surface area contributed by atoms with E-state index in [0.717, 1.165) is 13.0 Å². The Hall–Kier alpha value is 0.1000. The third kappa shape index (κ3) is 2.86. The summed E-state index contributed by atoms with van der Waals surface area (Å²) in [6.45, 7) is 3.08. The summed E-state index contributed by atoms with van der Waals surface area (Å²) in [5.41, 5.74) is 1.33. The molecule has 2 unspecified atom stereocenters. The normalized spacial score (nSPS) is 22.6. The first kappa shape index (κ1) is 12.6. The number of hydrogen-bond donors (Lipinski definition) is 1. The van der Waals surface area contributed by atoms with Crippen molar-refractivity contribution in [2.75, 3.05) is 13.7 Å². The van der Waals surface area contributed by atoms with Crippen LogP contribution in [-0.2, 0) is 4.74 Å². The largest absolute Gasteiger partial charge is 0.378 e. The van der Waals surface area contributed by atoms with Gasteiger partial charge in [0.25, 0.3) is 0 Å². The van der Waals surface area contributed by atoms with Gasteiger partial charge in [-0.25, -0.2) is 0 Å². The van der Waals surface area contributed by atoms with Crippen molar-refractivity contribution < 1.29 is 4.74 Å². The fourth-order valence-electron chi connectivity index (χ4n) is 2.12. The minimum Gasteiger partial charge on any atom is -0.378 e. The van der Waals surface area contributed by atoms with Crippen molar-refractivity contribution >= 4 is 27.3 Å². The molecule has 2 rings (SSSR count). The highest BCUT2D eigenvalue weighted by Gasteiger charge is 2.22. The molecular weight excluding hydrogens is 286 g/mol. The van der Waals surface area contributed by atoms with Gasteiger partial charge in [0.1, 0.15) is 0 Å². The van der Waals surface area contributed by atoms with Crippen LogP contribution in [-0.4, -0.2) is 19.8 Å². The Balaban J connectivity index is 2.03. The van der Waals surface area contributed by atoms with E-state index in [1.807, 2.05) is 18.4 Å². The molecule has 1 aliphatic heterocycles. The van der Waals surface area contributed by atoms with E-state index in [0.29, 0.717) is 12.1 Å². The predicted molar refractivity (Wildman–Crippen MR) is 72.1 cm³/mol. The molecule has 4 heteroatoms. The number of hydrogen-bond acceptors (Lipinski definition) is 3. The lowest BCUT2D eigenvalue weighted by Gasteiger charge is -2.18. The molecule has 1 saturated heterocycles. The second kappa shape index (κ2) is 5.63. The third-order valence-electron chi connectivity index (χ3n) is 3.09. The van der Waals surface area contributed by atoms with Crippen LogP contribution in [0.25, 0.3) is 0 Å². The highest BCUT2D eigenvalue weighted by Crippen LogP contribution is 2.34. The molecule has 0 radical (unpaired) electrons. The van der Waals surface area contributed by atoms with Crippen LogP contribution in [0.1, 0.15) is 35.7 Å². The van der Waals surface area contributed by atoms with Gasteiger partial charge in [-0.1, -0.05) is 0 Å². The van der Waals surface area contributed by atoms with Crippen LogP contribution in [0.2, 0.25) is 0 Å². The Labute approximate surface area is 110 Å². The molecule has 1 fully saturated rings. The Morgan fingerprint density at radius 1 is 1.69 bits per heavy atom. The molecule has 90 valence electrons. The van der Waals surface area contributed by atoms with Crippen molar-refractivity contribution in [2.45, 2.75) is 38.3 Å². The maximum absolute atomic E-state index is 5.70. The molecule has 0 amide bonds. The molecule has 0 saturated carbocycles. The summed E-state index contributed by atoms with van der Waals surface area (Å²) in [5.74, 6) is 0. The summed E-state index contributed by atoms with van der Waals surface area (Å²) in [6, 6.07) is 2.70. The third-order valence-corrected chi connectivity index (χ3v) is 5.34. The van der Waals surface area contributed by atoms with Crippen LogP contribution in [0, 0.1) is 6.92 Å². The van der Waals surface area contributed by atoms with Crippen LogP contribution in [0.3, 0.4) is 0 Å². The summed E-state index contributed by atoms with van der Waals surface area (Å²) in [6.07, 6.45) is 3.96. The van der Waals surface area contributed by atoms with Crippen LogP contribution >= 0.6 is 27.3 Å². The monoisotopic (exact) mass is 303 g/mol. The van der Waals surface area contributed by atoms with Crippen molar-refractivity contribution in [1.82, 2.24) is 5.32 Å². The fourth-order valence-corrected chi connectivity index (χ4v) is 3.82. The van der Waals surface area contributed by atoms with Crippen molar-refractivity contribution in [2.24, 2.45) is 0 Å². The smallest absolute Gasteiger partial charge is 0.0731 e. The summed E-state index contributed by atoms with van der Waals surface area (Å²) in [4.78, 5) is 1.40. The van der Waals surface area contributed by atoms with Gasteiger partial charge >= 0.3 is 0 Å². The molecule has 0 aliphatic carbocycles. The maximum Gasteiger partial charge on any atom is 0.0731 e. The van der Waals surface area contributed by atoms with Crippen molar-refractivity contribution in [3.63, 3.8) is 0 Å². The first-order chi connectivity index (χ1) is 7.70. The molecular formula is C12H18BrNOS. The van der Waals surface area contributed by atoms with E-state index in [9.17, 15) is 0 Å². The van der Waals surface area contributed by atoms with Gasteiger partial charge in [0.05, 0.1) is 9.89 Å². The van der Waals surface area contributed by atoms with Crippen LogP contribution in [0.5, 0.6) is 0 Å². The molecule has 16 heavy (non-hydrogen) atoms. The Kier molecular flexibility index (Phi) is 4.41. The fraction of sp³-hybridized carbons (Fsp3) is 0.667. The highest BCUT2D eigenvalue weighted by atomic mass is 79.9. The number of aryl methyl sites for hydroxylation is 1. The van der Waals surface area contributed by atoms with Gasteiger partial charge in [0.15, 0.2) is 0 Å². The van der Waals surface area contributed by atoms with Crippen LogP contribution in [0.15, 0.2) is 9.85 Å². The van der Waals surface area contributed by atoms with E-state index in [2.05, 4.69) is 34.2 Å². The molecule has 2 nitrogen and oxygen atoms in total. The minimum absolute atomic E-state index is 0.429. The van der Waals surface area contributed by atoms with Crippen LogP contribution in [0.4, 0.5) is 0 Å². The van der Waals surface area contributed by atoms with E-state index < -0.39 is 0 Å². The average molecular weight is 304 g/mol. The molecule has 0 bridgehead atoms. The van der Waals surface area contributed by atoms with Crippen molar-refractivity contribution in [3.05, 3.63) is 20.3 Å². The molecule has 1 aliphatic rings. The second-order valence-electron chi connectivity index (χ2n) is 4.32. The minimum atomic E-state index is 0.429. The molecule has 2 heterocycles. The zero-order valence-electron chi connectivity index (χ0n) is 9.75. The van der Waals surface area contributed by atoms with Crippen molar-refractivity contribution in [3.8, 4) is 0 Å². The van der Waals surface area contributed by atoms with Gasteiger partial charge in [-0.05, 0) is 60.8 Å². The molecule has 0 spiro atoms. The number of ether oxygens (including phenoxy) is 1. The van der Waals surface area contributed by atoms with E-state index in [4.69, 9.17) is 4.74 Å². The lowest BCUT2D eigenvalue weighted by atomic mass is 10.1. The van der Waals surface area contributed by atoms with Gasteiger partial charge in [-0.3, -0.25) is 0 Å². The Bertz CT molecular complexity index is 327. The Morgan fingerprint density at radius 3 is 3.00 bits per heavy atom. The summed E-state index contributed by atoms with van der Waals surface area (Å²) in [7, 11) is 2.03. The number of rotatable bonds is 4. The number of thiophene rings is 1. The van der Waals surface area contributed by atoms with E-state index >= 15 is 0 Å². The SMILES string of the molecule is CNC(CC1CCCO1)c1cc(C)c(Br)s1. The number of halogens is 1. The summed E-state index contributed by atoms with van der Waals surface area (Å²) < 4.78 is 6.94. The molecule has 2 atom stereocenters. The quantitative estimate of drug-likeness (QED) is 0.917. The predicted octanol–water partition coefficient (Wildman–Crippen LogP) is 3.65. The standard InChI is InChI=1S/C12H18BrNOS/c1-8-6-11(16-12(8)13)10(14-2)7-9-4-3-5-15-9/h6,9-10,14H,3-5,7H2,1-2H3. The number of nitrogens with one attached hydrogen (secondary N) is 1. The summed E-state index contributed by atoms with van der Waals surface area (Å²) in [5, 5.41) is 3.40. The molecule has 1 aromatic rings. The van der Waals surface area contributed by atoms with Crippen molar-refractivity contribution in [1.29, 1.82) is 0 Å². The lowest BCUT2D eigenvalue weighted by Crippen LogP contribution is -2.21. The van der Waals surface area contributed by atoms with E-state index in [1.165, 1.54) is 27.1 Å². The first-order valence-electron chi connectivity index (χ1n) is 5.75. The van der Waals surface area contributed by atoms with Gasteiger partial charge in [0.2, 0.25) is 0 Å². The van der Waals surface area contributed by atoms with Gasteiger partial charge in [-0.2, -0.15) is 0 Å². The van der Waals surface area contributed by atoms with Gasteiger partial charge in [0, 0.05) is 17.5 Å². The summed E-state index contributed by atoms with van der Waals surface area (Å²) >= 11 is 5.41. The van der Waals surface area contributed by atoms with E-state index in [-0.39, 0.29) is 0 Å². The van der Waals surface area contributed by atoms with E-state index in [1.54, 1.807) is 0 Å².